The van der Waals surface area contributed by atoms with Crippen molar-refractivity contribution >= 4 is 17.7 Å². The van der Waals surface area contributed by atoms with Crippen LogP contribution in [0.5, 0.6) is 5.75 Å². The van der Waals surface area contributed by atoms with Crippen LogP contribution in [-0.4, -0.2) is 23.2 Å². The second-order valence-electron chi connectivity index (χ2n) is 8.66. The van der Waals surface area contributed by atoms with Gasteiger partial charge in [-0.1, -0.05) is 36.4 Å². The minimum absolute atomic E-state index is 0.0136. The van der Waals surface area contributed by atoms with Crippen molar-refractivity contribution in [2.24, 2.45) is 11.0 Å². The molecule has 0 N–H and O–H groups in total. The third kappa shape index (κ3) is 4.85. The van der Waals surface area contributed by atoms with E-state index in [1.807, 2.05) is 6.08 Å². The highest BCUT2D eigenvalue weighted by atomic mass is 19.1. The van der Waals surface area contributed by atoms with Crippen molar-refractivity contribution in [3.05, 3.63) is 107 Å². The van der Waals surface area contributed by atoms with Crippen LogP contribution in [0.3, 0.4) is 0 Å². The van der Waals surface area contributed by atoms with Gasteiger partial charge in [0.25, 0.3) is 5.91 Å². The Kier molecular flexibility index (Phi) is 6.40. The van der Waals surface area contributed by atoms with E-state index in [0.29, 0.717) is 0 Å². The van der Waals surface area contributed by atoms with Crippen molar-refractivity contribution < 1.29 is 22.7 Å². The summed E-state index contributed by atoms with van der Waals surface area (Å²) >= 11 is 0. The summed E-state index contributed by atoms with van der Waals surface area (Å²) < 4.78 is 46.4. The summed E-state index contributed by atoms with van der Waals surface area (Å²) in [7, 11) is 0. The van der Waals surface area contributed by atoms with E-state index in [-0.39, 0.29) is 29.9 Å². The minimum atomic E-state index is -0.554. The van der Waals surface area contributed by atoms with E-state index in [9.17, 15) is 18.0 Å². The van der Waals surface area contributed by atoms with Gasteiger partial charge in [-0.05, 0) is 78.4 Å². The number of para-hydroxylation sites is 1. The molecule has 0 radical (unpaired) electrons. The lowest BCUT2D eigenvalue weighted by Gasteiger charge is -2.29. The SMILES string of the molecule is O=C(COc1ccccc1F)N1N=C2C(=Cc3ccc(F)cc3)CCCC2C1c1ccc(F)cc1. The molecule has 1 amide bonds. The fourth-order valence-corrected chi connectivity index (χ4v) is 4.73. The number of halogens is 3. The van der Waals surface area contributed by atoms with Gasteiger partial charge < -0.3 is 4.74 Å². The number of carbonyl (C=O) groups excluding carboxylic acids is 1. The Labute approximate surface area is 201 Å². The van der Waals surface area contributed by atoms with Crippen LogP contribution in [0.15, 0.2) is 83.5 Å². The summed E-state index contributed by atoms with van der Waals surface area (Å²) in [4.78, 5) is 13.3. The molecule has 7 heteroatoms. The van der Waals surface area contributed by atoms with E-state index in [2.05, 4.69) is 0 Å². The van der Waals surface area contributed by atoms with Gasteiger partial charge in [-0.25, -0.2) is 18.2 Å². The Morgan fingerprint density at radius 3 is 2.37 bits per heavy atom. The Balaban J connectivity index is 1.47. The molecular formula is C28H23F3N2O2. The molecule has 178 valence electrons. The van der Waals surface area contributed by atoms with Gasteiger partial charge in [-0.3, -0.25) is 4.79 Å². The highest BCUT2D eigenvalue weighted by molar-refractivity contribution is 6.08. The van der Waals surface area contributed by atoms with Gasteiger partial charge in [0.1, 0.15) is 11.6 Å². The minimum Gasteiger partial charge on any atom is -0.481 e. The molecule has 1 aliphatic carbocycles. The van der Waals surface area contributed by atoms with Gasteiger partial charge in [-0.2, -0.15) is 5.10 Å². The Hall–Kier alpha value is -3.87. The fraction of sp³-hybridized carbons (Fsp3) is 0.214. The molecule has 0 aromatic heterocycles. The van der Waals surface area contributed by atoms with Gasteiger partial charge in [0.2, 0.25) is 0 Å². The number of hydrazone groups is 1. The molecule has 3 aromatic carbocycles. The van der Waals surface area contributed by atoms with Gasteiger partial charge in [-0.15, -0.1) is 0 Å². The molecule has 1 fully saturated rings. The zero-order chi connectivity index (χ0) is 24.4. The summed E-state index contributed by atoms with van der Waals surface area (Å²) in [5.41, 5.74) is 3.37. The number of hydrogen-bond donors (Lipinski definition) is 0. The molecule has 1 aliphatic heterocycles. The number of fused-ring (bicyclic) bond motifs is 1. The average Bonchev–Trinajstić information content (AvgIpc) is 3.26. The van der Waals surface area contributed by atoms with E-state index in [1.54, 1.807) is 36.4 Å². The summed E-state index contributed by atoms with van der Waals surface area (Å²) in [6.07, 6.45) is 4.44. The second kappa shape index (κ2) is 9.78. The van der Waals surface area contributed by atoms with Crippen LogP contribution in [0.1, 0.15) is 36.4 Å². The first-order valence-corrected chi connectivity index (χ1v) is 11.5. The van der Waals surface area contributed by atoms with Gasteiger partial charge >= 0.3 is 0 Å². The van der Waals surface area contributed by atoms with Crippen molar-refractivity contribution in [1.82, 2.24) is 5.01 Å². The highest BCUT2D eigenvalue weighted by Gasteiger charge is 2.43. The highest BCUT2D eigenvalue weighted by Crippen LogP contribution is 2.44. The summed E-state index contributed by atoms with van der Waals surface area (Å²) in [5, 5.41) is 6.10. The lowest BCUT2D eigenvalue weighted by Crippen LogP contribution is -2.34. The van der Waals surface area contributed by atoms with Crippen LogP contribution in [-0.2, 0) is 4.79 Å². The lowest BCUT2D eigenvalue weighted by atomic mass is 9.77. The number of ether oxygens (including phenoxy) is 1. The predicted molar refractivity (Wildman–Crippen MR) is 127 cm³/mol. The van der Waals surface area contributed by atoms with Crippen LogP contribution >= 0.6 is 0 Å². The maximum absolute atomic E-state index is 14.0. The Bertz CT molecular complexity index is 1290. The van der Waals surface area contributed by atoms with Crippen molar-refractivity contribution in [1.29, 1.82) is 0 Å². The maximum atomic E-state index is 14.0. The van der Waals surface area contributed by atoms with Crippen LogP contribution in [0.25, 0.3) is 6.08 Å². The number of benzene rings is 3. The molecule has 1 heterocycles. The largest absolute Gasteiger partial charge is 0.481 e. The van der Waals surface area contributed by atoms with E-state index in [4.69, 9.17) is 9.84 Å². The summed E-state index contributed by atoms with van der Waals surface area (Å²) in [6.45, 7) is -0.390. The van der Waals surface area contributed by atoms with Crippen LogP contribution < -0.4 is 4.74 Å². The molecule has 2 atom stereocenters. The molecule has 3 aromatic rings. The third-order valence-corrected chi connectivity index (χ3v) is 6.37. The van der Waals surface area contributed by atoms with E-state index >= 15 is 0 Å². The maximum Gasteiger partial charge on any atom is 0.281 e. The number of amides is 1. The van der Waals surface area contributed by atoms with Crippen molar-refractivity contribution in [3.8, 4) is 5.75 Å². The topological polar surface area (TPSA) is 41.9 Å². The number of hydrogen-bond acceptors (Lipinski definition) is 3. The average molecular weight is 476 g/mol. The number of rotatable bonds is 5. The molecule has 4 nitrogen and oxygen atoms in total. The fourth-order valence-electron chi connectivity index (χ4n) is 4.73. The van der Waals surface area contributed by atoms with Crippen molar-refractivity contribution in [2.75, 3.05) is 6.61 Å². The van der Waals surface area contributed by atoms with Crippen LogP contribution in [0, 0.1) is 23.4 Å². The van der Waals surface area contributed by atoms with Gasteiger partial charge in [0.15, 0.2) is 18.2 Å². The van der Waals surface area contributed by atoms with E-state index < -0.39 is 17.8 Å². The van der Waals surface area contributed by atoms with Crippen LogP contribution in [0.2, 0.25) is 0 Å². The monoisotopic (exact) mass is 476 g/mol. The van der Waals surface area contributed by atoms with E-state index in [1.165, 1.54) is 41.4 Å². The molecule has 1 saturated carbocycles. The van der Waals surface area contributed by atoms with Crippen LogP contribution in [0.4, 0.5) is 13.2 Å². The molecule has 0 spiro atoms. The zero-order valence-electron chi connectivity index (χ0n) is 18.8. The normalized spacial score (nSPS) is 20.5. The first-order valence-electron chi connectivity index (χ1n) is 11.5. The standard InChI is InChI=1S/C28H23F3N2O2/c29-21-12-8-18(9-13-21)16-20-4-3-5-23-27(20)32-33(28(23)19-10-14-22(30)15-11-19)26(34)17-35-25-7-2-1-6-24(25)31/h1-2,6-16,23,28H,3-5,17H2. The zero-order valence-corrected chi connectivity index (χ0v) is 18.8. The predicted octanol–water partition coefficient (Wildman–Crippen LogP) is 6.31. The van der Waals surface area contributed by atoms with Gasteiger partial charge in [0.05, 0.1) is 11.8 Å². The smallest absolute Gasteiger partial charge is 0.281 e. The van der Waals surface area contributed by atoms with Gasteiger partial charge in [0, 0.05) is 5.92 Å². The molecule has 35 heavy (non-hydrogen) atoms. The third-order valence-electron chi connectivity index (χ3n) is 6.37. The van der Waals surface area contributed by atoms with E-state index in [0.717, 1.165) is 41.7 Å². The number of allylic oxidation sites excluding steroid dienone is 1. The summed E-state index contributed by atoms with van der Waals surface area (Å²) in [6, 6.07) is 17.7. The second-order valence-corrected chi connectivity index (χ2v) is 8.66. The molecule has 2 unspecified atom stereocenters. The van der Waals surface area contributed by atoms with Crippen molar-refractivity contribution in [3.63, 3.8) is 0 Å². The number of nitrogens with zero attached hydrogens (tertiary/aromatic N) is 2. The molecule has 2 aliphatic rings. The first kappa shape index (κ1) is 22.9. The number of carbonyl (C=O) groups is 1. The lowest BCUT2D eigenvalue weighted by molar-refractivity contribution is -0.135. The Morgan fingerprint density at radius 2 is 1.66 bits per heavy atom. The molecule has 0 bridgehead atoms. The summed E-state index contributed by atoms with van der Waals surface area (Å²) in [5.74, 6) is -1.75. The first-order chi connectivity index (χ1) is 17.0. The molecule has 5 rings (SSSR count). The molecular weight excluding hydrogens is 453 g/mol. The quantitative estimate of drug-likeness (QED) is 0.433. The Morgan fingerprint density at radius 1 is 0.971 bits per heavy atom. The molecule has 0 saturated heterocycles. The van der Waals surface area contributed by atoms with Crippen molar-refractivity contribution in [2.45, 2.75) is 25.3 Å².